The van der Waals surface area contributed by atoms with Crippen LogP contribution in [0.15, 0.2) is 65.6 Å². The number of carbonyl (C=O) groups is 1. The molecule has 0 aliphatic rings. The first-order chi connectivity index (χ1) is 14.5. The van der Waals surface area contributed by atoms with Gasteiger partial charge < -0.3 is 4.74 Å². The molecule has 3 aromatic rings. The number of alkyl halides is 3. The number of carbonyl (C=O) groups excluding carboxylic acids is 1. The Kier molecular flexibility index (Phi) is 6.54. The quantitative estimate of drug-likeness (QED) is 0.500. The molecule has 0 bridgehead atoms. The van der Waals surface area contributed by atoms with Crippen LogP contribution in [0.25, 0.3) is 11.1 Å². The maximum Gasteiger partial charge on any atom is 0.426 e. The number of rotatable bonds is 6. The van der Waals surface area contributed by atoms with Crippen molar-refractivity contribution >= 4 is 27.3 Å². The van der Waals surface area contributed by atoms with Gasteiger partial charge in [0.1, 0.15) is 9.75 Å². The van der Waals surface area contributed by atoms with Crippen LogP contribution < -0.4 is 4.72 Å². The first-order valence-electron chi connectivity index (χ1n) is 9.00. The second-order valence-electron chi connectivity index (χ2n) is 6.62. The highest BCUT2D eigenvalue weighted by molar-refractivity contribution is 7.89. The summed E-state index contributed by atoms with van der Waals surface area (Å²) in [5.74, 6) is -0.875. The largest absolute Gasteiger partial charge is 0.465 e. The number of esters is 1. The van der Waals surface area contributed by atoms with Gasteiger partial charge in [-0.25, -0.2) is 17.9 Å². The molecule has 5 nitrogen and oxygen atoms in total. The molecule has 0 spiro atoms. The third-order valence-electron chi connectivity index (χ3n) is 4.48. The van der Waals surface area contributed by atoms with E-state index in [1.54, 1.807) is 31.2 Å². The molecule has 31 heavy (non-hydrogen) atoms. The van der Waals surface area contributed by atoms with Crippen molar-refractivity contribution in [2.45, 2.75) is 24.0 Å². The topological polar surface area (TPSA) is 72.5 Å². The highest BCUT2D eigenvalue weighted by Gasteiger charge is 2.37. The Labute approximate surface area is 181 Å². The van der Waals surface area contributed by atoms with E-state index in [-0.39, 0.29) is 32.2 Å². The molecule has 0 saturated heterocycles. The number of thiophene rings is 1. The van der Waals surface area contributed by atoms with Crippen molar-refractivity contribution in [2.75, 3.05) is 7.11 Å². The second-order valence-corrected chi connectivity index (χ2v) is 9.39. The van der Waals surface area contributed by atoms with Crippen LogP contribution in [0, 0.1) is 0 Å². The first-order valence-corrected chi connectivity index (χ1v) is 11.3. The van der Waals surface area contributed by atoms with Gasteiger partial charge >= 0.3 is 12.1 Å². The van der Waals surface area contributed by atoms with Crippen LogP contribution >= 0.6 is 11.3 Å². The number of ether oxygens (including phenoxy) is 1. The third-order valence-corrected chi connectivity index (χ3v) is 7.20. The minimum atomic E-state index is -4.68. The van der Waals surface area contributed by atoms with Crippen LogP contribution in [0.5, 0.6) is 0 Å². The monoisotopic (exact) mass is 469 g/mol. The number of halogens is 3. The molecule has 1 N–H and O–H groups in total. The summed E-state index contributed by atoms with van der Waals surface area (Å²) < 4.78 is 72.7. The predicted molar refractivity (Wildman–Crippen MR) is 111 cm³/mol. The second kappa shape index (κ2) is 8.81. The Morgan fingerprint density at radius 1 is 1.06 bits per heavy atom. The molecule has 1 atom stereocenters. The van der Waals surface area contributed by atoms with Gasteiger partial charge in [-0.15, -0.1) is 11.3 Å². The lowest BCUT2D eigenvalue weighted by Gasteiger charge is -2.15. The van der Waals surface area contributed by atoms with Gasteiger partial charge in [-0.05, 0) is 36.2 Å². The number of hydrogen-bond acceptors (Lipinski definition) is 5. The summed E-state index contributed by atoms with van der Waals surface area (Å²) in [5.41, 5.74) is 0.687. The van der Waals surface area contributed by atoms with Gasteiger partial charge in [0.2, 0.25) is 10.0 Å². The number of hydrogen-bond donors (Lipinski definition) is 1. The molecule has 0 saturated carbocycles. The summed E-state index contributed by atoms with van der Waals surface area (Å²) >= 11 is 0.280. The molecule has 0 aliphatic carbocycles. The van der Waals surface area contributed by atoms with Gasteiger partial charge in [0.05, 0.1) is 12.0 Å². The zero-order valence-corrected chi connectivity index (χ0v) is 18.1. The number of methoxy groups -OCH3 is 1. The van der Waals surface area contributed by atoms with E-state index in [1.165, 1.54) is 24.3 Å². The Morgan fingerprint density at radius 3 is 2.23 bits per heavy atom. The number of benzene rings is 2. The van der Waals surface area contributed by atoms with Gasteiger partial charge in [0.25, 0.3) is 0 Å². The van der Waals surface area contributed by atoms with Crippen molar-refractivity contribution in [3.05, 3.63) is 76.0 Å². The summed E-state index contributed by atoms with van der Waals surface area (Å²) in [4.78, 5) is 10.4. The molecule has 1 aromatic heterocycles. The van der Waals surface area contributed by atoms with Crippen molar-refractivity contribution in [1.29, 1.82) is 0 Å². The average Bonchev–Trinajstić information content (AvgIpc) is 3.20. The van der Waals surface area contributed by atoms with Gasteiger partial charge in [-0.3, -0.25) is 0 Å². The zero-order valence-electron chi connectivity index (χ0n) is 16.4. The van der Waals surface area contributed by atoms with E-state index in [0.717, 1.165) is 18.7 Å². The van der Waals surface area contributed by atoms with Crippen LogP contribution in [0.1, 0.15) is 33.1 Å². The minimum Gasteiger partial charge on any atom is -0.465 e. The molecule has 10 heteroatoms. The highest BCUT2D eigenvalue weighted by atomic mass is 32.2. The Morgan fingerprint density at radius 2 is 1.68 bits per heavy atom. The normalized spacial score (nSPS) is 13.1. The lowest BCUT2D eigenvalue weighted by atomic mass is 10.1. The summed E-state index contributed by atoms with van der Waals surface area (Å²) in [6.45, 7) is 1.69. The van der Waals surface area contributed by atoms with Crippen molar-refractivity contribution in [2.24, 2.45) is 0 Å². The number of nitrogens with one attached hydrogen (secondary N) is 1. The van der Waals surface area contributed by atoms with E-state index in [2.05, 4.69) is 9.46 Å². The van der Waals surface area contributed by atoms with Crippen LogP contribution in [-0.4, -0.2) is 21.5 Å². The third kappa shape index (κ3) is 5.15. The Hall–Kier alpha value is -2.69. The van der Waals surface area contributed by atoms with E-state index in [0.29, 0.717) is 0 Å². The maximum absolute atomic E-state index is 13.4. The standard InChI is InChI=1S/C21H18F3NO4S2/c1-13(14-6-4-3-5-7-14)25-31(27,28)16-10-8-15(9-11-16)17-12-18(20(26)29-2)30-19(17)21(22,23)24/h3-13,25H,1-2H3/t13-/m0/s1. The zero-order chi connectivity index (χ0) is 22.8. The van der Waals surface area contributed by atoms with E-state index >= 15 is 0 Å². The SMILES string of the molecule is COC(=O)c1cc(-c2ccc(S(=O)(=O)N[C@@H](C)c3ccccc3)cc2)c(C(F)(F)F)s1. The lowest BCUT2D eigenvalue weighted by molar-refractivity contribution is -0.133. The van der Waals surface area contributed by atoms with E-state index < -0.39 is 33.1 Å². The van der Waals surface area contributed by atoms with Gasteiger partial charge in [0.15, 0.2) is 0 Å². The molecule has 3 rings (SSSR count). The van der Waals surface area contributed by atoms with E-state index in [4.69, 9.17) is 0 Å². The molecular weight excluding hydrogens is 451 g/mol. The Bertz CT molecular complexity index is 1170. The molecule has 0 radical (unpaired) electrons. The molecule has 0 fully saturated rings. The summed E-state index contributed by atoms with van der Waals surface area (Å²) in [5, 5.41) is 0. The van der Waals surface area contributed by atoms with Crippen molar-refractivity contribution in [3.63, 3.8) is 0 Å². The molecule has 0 aliphatic heterocycles. The van der Waals surface area contributed by atoms with Gasteiger partial charge in [-0.1, -0.05) is 42.5 Å². The molecular formula is C21H18F3NO4S2. The van der Waals surface area contributed by atoms with Crippen molar-refractivity contribution in [1.82, 2.24) is 4.72 Å². The molecule has 164 valence electrons. The van der Waals surface area contributed by atoms with Crippen molar-refractivity contribution < 1.29 is 31.1 Å². The molecule has 1 heterocycles. The van der Waals surface area contributed by atoms with Crippen molar-refractivity contribution in [3.8, 4) is 11.1 Å². The fraction of sp³-hybridized carbons (Fsp3) is 0.190. The fourth-order valence-electron chi connectivity index (χ4n) is 2.94. The van der Waals surface area contributed by atoms with Crippen LogP contribution in [0.3, 0.4) is 0 Å². The Balaban J connectivity index is 1.91. The molecule has 0 unspecified atom stereocenters. The number of sulfonamides is 1. The van der Waals surface area contributed by atoms with Crippen LogP contribution in [0.2, 0.25) is 0 Å². The summed E-state index contributed by atoms with van der Waals surface area (Å²) in [6.07, 6.45) is -4.68. The summed E-state index contributed by atoms with van der Waals surface area (Å²) in [7, 11) is -2.82. The van der Waals surface area contributed by atoms with Gasteiger partial charge in [0, 0.05) is 11.6 Å². The van der Waals surface area contributed by atoms with E-state index in [9.17, 15) is 26.4 Å². The minimum absolute atomic E-state index is 0.0870. The van der Waals surface area contributed by atoms with Gasteiger partial charge in [-0.2, -0.15) is 13.2 Å². The van der Waals surface area contributed by atoms with Crippen LogP contribution in [-0.2, 0) is 20.9 Å². The average molecular weight is 470 g/mol. The first kappa shape index (κ1) is 23.0. The lowest BCUT2D eigenvalue weighted by Crippen LogP contribution is -2.26. The van der Waals surface area contributed by atoms with Crippen LogP contribution in [0.4, 0.5) is 13.2 Å². The molecule has 0 amide bonds. The smallest absolute Gasteiger partial charge is 0.426 e. The highest BCUT2D eigenvalue weighted by Crippen LogP contribution is 2.43. The predicted octanol–water partition coefficient (Wildman–Crippen LogP) is 5.26. The fourth-order valence-corrected chi connectivity index (χ4v) is 5.14. The molecule has 2 aromatic carbocycles. The van der Waals surface area contributed by atoms with E-state index in [1.807, 2.05) is 6.07 Å². The maximum atomic E-state index is 13.4. The summed E-state index contributed by atoms with van der Waals surface area (Å²) in [6, 6.07) is 14.6.